The highest BCUT2D eigenvalue weighted by atomic mass is 79.9. The number of nitrogens with one attached hydrogen (secondary N) is 1. The van der Waals surface area contributed by atoms with Crippen molar-refractivity contribution >= 4 is 67.4 Å². The first-order valence-corrected chi connectivity index (χ1v) is 7.92. The third-order valence-electron chi connectivity index (χ3n) is 1.92. The molecule has 0 bridgehead atoms. The summed E-state index contributed by atoms with van der Waals surface area (Å²) in [6.07, 6.45) is 0. The topological polar surface area (TPSA) is 75.1 Å². The lowest BCUT2D eigenvalue weighted by atomic mass is 10.3. The van der Waals surface area contributed by atoms with E-state index in [1.54, 1.807) is 6.07 Å². The largest absolute Gasteiger partial charge is 0.481 e. The van der Waals surface area contributed by atoms with Crippen LogP contribution >= 0.6 is 50.6 Å². The van der Waals surface area contributed by atoms with Gasteiger partial charge in [-0.15, -0.1) is 10.2 Å². The van der Waals surface area contributed by atoms with Gasteiger partial charge in [-0.05, 0) is 28.1 Å². The molecule has 100 valence electrons. The molecule has 0 amide bonds. The highest BCUT2D eigenvalue weighted by molar-refractivity contribution is 9.10. The zero-order chi connectivity index (χ0) is 13.8. The van der Waals surface area contributed by atoms with Crippen molar-refractivity contribution in [1.82, 2.24) is 10.2 Å². The Hall–Kier alpha value is -0.830. The van der Waals surface area contributed by atoms with Crippen molar-refractivity contribution in [2.45, 2.75) is 4.34 Å². The van der Waals surface area contributed by atoms with Crippen molar-refractivity contribution in [2.75, 3.05) is 11.1 Å². The standard InChI is InChI=1S/C10H7BrClN3O2S2/c11-8-5(12)2-1-3-6(8)13-9-14-15-10(19-9)18-4-7(16)17/h1-3H,4H2,(H,13,14)(H,16,17). The number of hydrogen-bond donors (Lipinski definition) is 2. The number of carboxylic acids is 1. The number of aliphatic carboxylic acids is 1. The molecule has 0 spiro atoms. The van der Waals surface area contributed by atoms with Gasteiger partial charge in [0.25, 0.3) is 0 Å². The van der Waals surface area contributed by atoms with Gasteiger partial charge >= 0.3 is 5.97 Å². The quantitative estimate of drug-likeness (QED) is 0.767. The number of carboxylic acid groups (broad SMARTS) is 1. The number of benzene rings is 1. The Morgan fingerprint density at radius 1 is 1.53 bits per heavy atom. The summed E-state index contributed by atoms with van der Waals surface area (Å²) in [6.45, 7) is 0. The second-order valence-electron chi connectivity index (χ2n) is 3.28. The van der Waals surface area contributed by atoms with E-state index in [2.05, 4.69) is 31.4 Å². The second-order valence-corrected chi connectivity index (χ2v) is 6.68. The van der Waals surface area contributed by atoms with Crippen molar-refractivity contribution in [3.63, 3.8) is 0 Å². The lowest BCUT2D eigenvalue weighted by Gasteiger charge is -2.05. The van der Waals surface area contributed by atoms with Gasteiger partial charge < -0.3 is 10.4 Å². The molecule has 0 aliphatic rings. The van der Waals surface area contributed by atoms with Crippen LogP contribution in [-0.4, -0.2) is 27.0 Å². The molecule has 2 rings (SSSR count). The van der Waals surface area contributed by atoms with Crippen LogP contribution in [0.3, 0.4) is 0 Å². The van der Waals surface area contributed by atoms with E-state index in [4.69, 9.17) is 16.7 Å². The molecule has 0 saturated carbocycles. The molecule has 2 aromatic rings. The molecular weight excluding hydrogens is 374 g/mol. The van der Waals surface area contributed by atoms with Gasteiger partial charge in [-0.25, -0.2) is 0 Å². The number of hydrogen-bond acceptors (Lipinski definition) is 6. The first kappa shape index (κ1) is 14.6. The van der Waals surface area contributed by atoms with Gasteiger partial charge in [0, 0.05) is 0 Å². The number of thioether (sulfide) groups is 1. The average molecular weight is 381 g/mol. The van der Waals surface area contributed by atoms with Crippen LogP contribution in [0.4, 0.5) is 10.8 Å². The summed E-state index contributed by atoms with van der Waals surface area (Å²) in [6, 6.07) is 5.43. The van der Waals surface area contributed by atoms with Gasteiger partial charge in [0.1, 0.15) is 0 Å². The molecule has 0 radical (unpaired) electrons. The molecule has 2 N–H and O–H groups in total. The molecule has 1 aromatic heterocycles. The van der Waals surface area contributed by atoms with Crippen LogP contribution in [0.2, 0.25) is 5.02 Å². The van der Waals surface area contributed by atoms with Gasteiger partial charge in [-0.2, -0.15) is 0 Å². The predicted molar refractivity (Wildman–Crippen MR) is 80.7 cm³/mol. The lowest BCUT2D eigenvalue weighted by Crippen LogP contribution is -1.96. The van der Waals surface area contributed by atoms with E-state index in [1.165, 1.54) is 11.3 Å². The molecule has 0 saturated heterocycles. The second kappa shape index (κ2) is 6.56. The fourth-order valence-electron chi connectivity index (χ4n) is 1.16. The third-order valence-corrected chi connectivity index (χ3v) is 5.27. The Labute approximate surface area is 130 Å². The normalized spacial score (nSPS) is 10.4. The zero-order valence-electron chi connectivity index (χ0n) is 9.26. The minimum absolute atomic E-state index is 0.0322. The lowest BCUT2D eigenvalue weighted by molar-refractivity contribution is -0.133. The summed E-state index contributed by atoms with van der Waals surface area (Å²) in [4.78, 5) is 10.5. The van der Waals surface area contributed by atoms with E-state index in [9.17, 15) is 4.79 Å². The molecule has 19 heavy (non-hydrogen) atoms. The third kappa shape index (κ3) is 4.07. The number of nitrogens with zero attached hydrogens (tertiary/aromatic N) is 2. The summed E-state index contributed by atoms with van der Waals surface area (Å²) >= 11 is 11.8. The van der Waals surface area contributed by atoms with Gasteiger partial charge in [0.05, 0.1) is 20.9 Å². The van der Waals surface area contributed by atoms with E-state index in [-0.39, 0.29) is 5.75 Å². The molecule has 0 fully saturated rings. The molecule has 0 aliphatic carbocycles. The van der Waals surface area contributed by atoms with Crippen LogP contribution in [0.1, 0.15) is 0 Å². The molecule has 0 unspecified atom stereocenters. The Bertz CT molecular complexity index is 608. The minimum Gasteiger partial charge on any atom is -0.481 e. The van der Waals surface area contributed by atoms with E-state index >= 15 is 0 Å². The average Bonchev–Trinajstić information content (AvgIpc) is 2.80. The molecule has 0 atom stereocenters. The fraction of sp³-hybridized carbons (Fsp3) is 0.100. The Morgan fingerprint density at radius 2 is 2.32 bits per heavy atom. The highest BCUT2D eigenvalue weighted by Crippen LogP contribution is 2.34. The first-order valence-electron chi connectivity index (χ1n) is 4.95. The van der Waals surface area contributed by atoms with Crippen LogP contribution in [0, 0.1) is 0 Å². The van der Waals surface area contributed by atoms with Crippen LogP contribution in [0.25, 0.3) is 0 Å². The van der Waals surface area contributed by atoms with E-state index in [0.717, 1.165) is 21.9 Å². The summed E-state index contributed by atoms with van der Waals surface area (Å²) in [7, 11) is 0. The molecule has 5 nitrogen and oxygen atoms in total. The van der Waals surface area contributed by atoms with Gasteiger partial charge in [-0.3, -0.25) is 4.79 Å². The minimum atomic E-state index is -0.882. The Kier molecular flexibility index (Phi) is 5.03. The number of halogens is 2. The maximum atomic E-state index is 10.5. The maximum absolute atomic E-state index is 10.5. The van der Waals surface area contributed by atoms with Crippen molar-refractivity contribution < 1.29 is 9.90 Å². The summed E-state index contributed by atoms with van der Waals surface area (Å²) in [5.41, 5.74) is 0.776. The van der Waals surface area contributed by atoms with Crippen LogP contribution in [0.15, 0.2) is 27.0 Å². The van der Waals surface area contributed by atoms with Crippen LogP contribution < -0.4 is 5.32 Å². The Balaban J connectivity index is 2.07. The molecule has 1 aromatic carbocycles. The van der Waals surface area contributed by atoms with Gasteiger partial charge in [-0.1, -0.05) is 40.8 Å². The van der Waals surface area contributed by atoms with Gasteiger partial charge in [0.2, 0.25) is 5.13 Å². The Morgan fingerprint density at radius 3 is 3.05 bits per heavy atom. The number of carbonyl (C=O) groups is 1. The predicted octanol–water partition coefficient (Wildman–Crippen LogP) is 3.87. The SMILES string of the molecule is O=C(O)CSc1nnc(Nc2cccc(Cl)c2Br)s1. The van der Waals surface area contributed by atoms with E-state index < -0.39 is 5.97 Å². The van der Waals surface area contributed by atoms with E-state index in [1.807, 2.05) is 12.1 Å². The monoisotopic (exact) mass is 379 g/mol. The number of anilines is 2. The van der Waals surface area contributed by atoms with Crippen molar-refractivity contribution in [3.8, 4) is 0 Å². The van der Waals surface area contributed by atoms with Crippen molar-refractivity contribution in [2.24, 2.45) is 0 Å². The molecule has 0 aliphatic heterocycles. The van der Waals surface area contributed by atoms with Gasteiger partial charge in [0.15, 0.2) is 4.34 Å². The number of aromatic nitrogens is 2. The zero-order valence-corrected chi connectivity index (χ0v) is 13.2. The molecule has 1 heterocycles. The summed E-state index contributed by atoms with van der Waals surface area (Å²) < 4.78 is 1.34. The molecular formula is C10H7BrClN3O2S2. The smallest absolute Gasteiger partial charge is 0.313 e. The first-order chi connectivity index (χ1) is 9.06. The maximum Gasteiger partial charge on any atom is 0.313 e. The highest BCUT2D eigenvalue weighted by Gasteiger charge is 2.09. The van der Waals surface area contributed by atoms with Crippen LogP contribution in [-0.2, 0) is 4.79 Å². The van der Waals surface area contributed by atoms with Crippen molar-refractivity contribution in [1.29, 1.82) is 0 Å². The van der Waals surface area contributed by atoms with Crippen molar-refractivity contribution in [3.05, 3.63) is 27.7 Å². The fourth-order valence-corrected chi connectivity index (χ4v) is 3.18. The molecule has 9 heteroatoms. The van der Waals surface area contributed by atoms with Crippen LogP contribution in [0.5, 0.6) is 0 Å². The summed E-state index contributed by atoms with van der Waals surface area (Å²) in [5.74, 6) is -0.914. The number of rotatable bonds is 5. The summed E-state index contributed by atoms with van der Waals surface area (Å²) in [5, 5.41) is 20.7. The van der Waals surface area contributed by atoms with E-state index in [0.29, 0.717) is 14.5 Å².